The number of benzene rings is 1. The number of nitrogens with one attached hydrogen (secondary N) is 1. The Balaban J connectivity index is 2.23. The van der Waals surface area contributed by atoms with Gasteiger partial charge in [-0.3, -0.25) is 0 Å². The van der Waals surface area contributed by atoms with Crippen molar-refractivity contribution in [2.24, 2.45) is 5.73 Å². The molecule has 0 amide bonds. The molecule has 1 heterocycles. The summed E-state index contributed by atoms with van der Waals surface area (Å²) in [5.74, 6) is 1.66. The molecule has 0 bridgehead atoms. The Morgan fingerprint density at radius 3 is 2.44 bits per heavy atom. The molecule has 3 N–H and O–H groups in total. The fourth-order valence-corrected chi connectivity index (χ4v) is 1.69. The minimum Gasteiger partial charge on any atom is -0.494 e. The van der Waals surface area contributed by atoms with Crippen LogP contribution in [0.2, 0.25) is 0 Å². The summed E-state index contributed by atoms with van der Waals surface area (Å²) in [6, 6.07) is 7.91. The van der Waals surface area contributed by atoms with Gasteiger partial charge in [0.25, 0.3) is 0 Å². The second kappa shape index (κ2) is 4.82. The van der Waals surface area contributed by atoms with Crippen molar-refractivity contribution >= 4 is 0 Å². The van der Waals surface area contributed by atoms with Crippen LogP contribution in [-0.4, -0.2) is 16.6 Å². The highest BCUT2D eigenvalue weighted by Gasteiger charge is 2.18. The van der Waals surface area contributed by atoms with Crippen LogP contribution in [0.15, 0.2) is 30.5 Å². The Kier molecular flexibility index (Phi) is 3.39. The highest BCUT2D eigenvalue weighted by atomic mass is 16.5. The van der Waals surface area contributed by atoms with Crippen molar-refractivity contribution in [1.82, 2.24) is 9.97 Å². The SMILES string of the molecule is CCOc1ccc(-c2cnc(C(C)(C)N)[nH]2)cc1. The molecule has 1 aromatic heterocycles. The Hall–Kier alpha value is -1.81. The van der Waals surface area contributed by atoms with Crippen LogP contribution in [0.1, 0.15) is 26.6 Å². The van der Waals surface area contributed by atoms with Gasteiger partial charge in [0.15, 0.2) is 0 Å². The number of aromatic nitrogens is 2. The van der Waals surface area contributed by atoms with Crippen LogP contribution in [-0.2, 0) is 5.54 Å². The van der Waals surface area contributed by atoms with Crippen LogP contribution < -0.4 is 10.5 Å². The number of aromatic amines is 1. The third-order valence-corrected chi connectivity index (χ3v) is 2.66. The lowest BCUT2D eigenvalue weighted by atomic mass is 10.1. The third-order valence-electron chi connectivity index (χ3n) is 2.66. The maximum Gasteiger partial charge on any atom is 0.126 e. The summed E-state index contributed by atoms with van der Waals surface area (Å²) in [6.07, 6.45) is 1.81. The Morgan fingerprint density at radius 1 is 1.28 bits per heavy atom. The van der Waals surface area contributed by atoms with E-state index in [9.17, 15) is 0 Å². The summed E-state index contributed by atoms with van der Waals surface area (Å²) >= 11 is 0. The molecule has 0 radical (unpaired) electrons. The summed E-state index contributed by atoms with van der Waals surface area (Å²) in [7, 11) is 0. The highest BCUT2D eigenvalue weighted by molar-refractivity contribution is 5.59. The van der Waals surface area contributed by atoms with Crippen LogP contribution in [0.4, 0.5) is 0 Å². The van der Waals surface area contributed by atoms with Crippen LogP contribution >= 0.6 is 0 Å². The summed E-state index contributed by atoms with van der Waals surface area (Å²) in [5.41, 5.74) is 7.58. The van der Waals surface area contributed by atoms with E-state index in [2.05, 4.69) is 9.97 Å². The predicted molar refractivity (Wildman–Crippen MR) is 72.4 cm³/mol. The van der Waals surface area contributed by atoms with Crippen molar-refractivity contribution in [3.8, 4) is 17.0 Å². The maximum atomic E-state index is 6.00. The van der Waals surface area contributed by atoms with Crippen molar-refractivity contribution in [3.05, 3.63) is 36.3 Å². The minimum atomic E-state index is -0.455. The first kappa shape index (κ1) is 12.6. The van der Waals surface area contributed by atoms with Gasteiger partial charge < -0.3 is 15.5 Å². The zero-order valence-electron chi connectivity index (χ0n) is 11.0. The Bertz CT molecular complexity index is 509. The van der Waals surface area contributed by atoms with Crippen molar-refractivity contribution in [2.75, 3.05) is 6.61 Å². The van der Waals surface area contributed by atoms with E-state index >= 15 is 0 Å². The fourth-order valence-electron chi connectivity index (χ4n) is 1.69. The van der Waals surface area contributed by atoms with Gasteiger partial charge in [0.2, 0.25) is 0 Å². The van der Waals surface area contributed by atoms with Gasteiger partial charge >= 0.3 is 0 Å². The molecule has 0 spiro atoms. The predicted octanol–water partition coefficient (Wildman–Crippen LogP) is 2.67. The van der Waals surface area contributed by atoms with Crippen molar-refractivity contribution in [2.45, 2.75) is 26.3 Å². The number of H-pyrrole nitrogens is 1. The van der Waals surface area contributed by atoms with Gasteiger partial charge in [-0.15, -0.1) is 0 Å². The lowest BCUT2D eigenvalue weighted by Crippen LogP contribution is -2.30. The van der Waals surface area contributed by atoms with Gasteiger partial charge in [0, 0.05) is 0 Å². The fraction of sp³-hybridized carbons (Fsp3) is 0.357. The molecule has 0 aliphatic carbocycles. The number of hydrogen-bond acceptors (Lipinski definition) is 3. The minimum absolute atomic E-state index is 0.455. The normalized spacial score (nSPS) is 11.6. The molecule has 96 valence electrons. The summed E-state index contributed by atoms with van der Waals surface area (Å²) < 4.78 is 5.41. The molecular weight excluding hydrogens is 226 g/mol. The van der Waals surface area contributed by atoms with E-state index in [1.54, 1.807) is 6.20 Å². The first-order valence-corrected chi connectivity index (χ1v) is 6.08. The maximum absolute atomic E-state index is 6.00. The smallest absolute Gasteiger partial charge is 0.126 e. The molecule has 0 fully saturated rings. The molecule has 0 saturated carbocycles. The number of hydrogen-bond donors (Lipinski definition) is 2. The molecule has 0 atom stereocenters. The van der Waals surface area contributed by atoms with Crippen LogP contribution in [0.3, 0.4) is 0 Å². The standard InChI is InChI=1S/C14H19N3O/c1-4-18-11-7-5-10(6-8-11)12-9-16-13(17-12)14(2,3)15/h5-9H,4,15H2,1-3H3,(H,16,17). The lowest BCUT2D eigenvalue weighted by Gasteiger charge is -2.14. The number of rotatable bonds is 4. The van der Waals surface area contributed by atoms with Crippen molar-refractivity contribution in [1.29, 1.82) is 0 Å². The molecule has 18 heavy (non-hydrogen) atoms. The van der Waals surface area contributed by atoms with Gasteiger partial charge in [0.05, 0.1) is 24.0 Å². The van der Waals surface area contributed by atoms with Crippen LogP contribution in [0.5, 0.6) is 5.75 Å². The van der Waals surface area contributed by atoms with E-state index in [-0.39, 0.29) is 0 Å². The van der Waals surface area contributed by atoms with Gasteiger partial charge in [0.1, 0.15) is 11.6 Å². The summed E-state index contributed by atoms with van der Waals surface area (Å²) in [4.78, 5) is 7.55. The molecule has 1 aromatic carbocycles. The zero-order chi connectivity index (χ0) is 13.2. The van der Waals surface area contributed by atoms with Gasteiger partial charge in [-0.05, 0) is 50.6 Å². The number of ether oxygens (including phenoxy) is 1. The first-order chi connectivity index (χ1) is 8.50. The van der Waals surface area contributed by atoms with Crippen LogP contribution in [0, 0.1) is 0 Å². The third kappa shape index (κ3) is 2.71. The average molecular weight is 245 g/mol. The molecule has 0 unspecified atom stereocenters. The Labute approximate surface area is 107 Å². The van der Waals surface area contributed by atoms with E-state index in [0.717, 1.165) is 22.8 Å². The molecule has 0 aliphatic heterocycles. The average Bonchev–Trinajstić information content (AvgIpc) is 2.79. The number of nitrogens with two attached hydrogens (primary N) is 1. The van der Waals surface area contributed by atoms with Crippen molar-refractivity contribution < 1.29 is 4.74 Å². The second-order valence-electron chi connectivity index (χ2n) is 4.82. The molecule has 4 nitrogen and oxygen atoms in total. The van der Waals surface area contributed by atoms with E-state index in [1.807, 2.05) is 45.0 Å². The number of imidazole rings is 1. The molecule has 2 rings (SSSR count). The van der Waals surface area contributed by atoms with Gasteiger partial charge in [-0.25, -0.2) is 4.98 Å². The molecular formula is C14H19N3O. The molecule has 0 aliphatic rings. The topological polar surface area (TPSA) is 63.9 Å². The monoisotopic (exact) mass is 245 g/mol. The van der Waals surface area contributed by atoms with Crippen molar-refractivity contribution in [3.63, 3.8) is 0 Å². The molecule has 4 heteroatoms. The molecule has 0 saturated heterocycles. The Morgan fingerprint density at radius 2 is 1.94 bits per heavy atom. The van der Waals surface area contributed by atoms with E-state index in [0.29, 0.717) is 6.61 Å². The lowest BCUT2D eigenvalue weighted by molar-refractivity contribution is 0.340. The van der Waals surface area contributed by atoms with Gasteiger partial charge in [-0.2, -0.15) is 0 Å². The summed E-state index contributed by atoms with van der Waals surface area (Å²) in [6.45, 7) is 6.49. The number of nitrogens with zero attached hydrogens (tertiary/aromatic N) is 1. The van der Waals surface area contributed by atoms with E-state index in [4.69, 9.17) is 10.5 Å². The van der Waals surface area contributed by atoms with Crippen LogP contribution in [0.25, 0.3) is 11.3 Å². The van der Waals surface area contributed by atoms with Gasteiger partial charge in [-0.1, -0.05) is 0 Å². The highest BCUT2D eigenvalue weighted by Crippen LogP contribution is 2.23. The first-order valence-electron chi connectivity index (χ1n) is 6.08. The largest absolute Gasteiger partial charge is 0.494 e. The summed E-state index contributed by atoms with van der Waals surface area (Å²) in [5, 5.41) is 0. The quantitative estimate of drug-likeness (QED) is 0.870. The zero-order valence-corrected chi connectivity index (χ0v) is 11.0. The van der Waals surface area contributed by atoms with E-state index in [1.165, 1.54) is 0 Å². The van der Waals surface area contributed by atoms with E-state index < -0.39 is 5.54 Å². The second-order valence-corrected chi connectivity index (χ2v) is 4.82. The molecule has 2 aromatic rings.